The fourth-order valence-corrected chi connectivity index (χ4v) is 4.34. The fraction of sp³-hybridized carbons (Fsp3) is 0.370. The number of aromatic nitrogens is 2. The lowest BCUT2D eigenvalue weighted by Crippen LogP contribution is -2.42. The molecule has 1 fully saturated rings. The second-order valence-corrected chi connectivity index (χ2v) is 9.02. The number of amides is 1. The second-order valence-electron chi connectivity index (χ2n) is 9.02. The van der Waals surface area contributed by atoms with Crippen molar-refractivity contribution in [2.24, 2.45) is 0 Å². The molecule has 0 unspecified atom stereocenters. The van der Waals surface area contributed by atoms with Crippen LogP contribution in [-0.4, -0.2) is 54.0 Å². The molecule has 196 valence electrons. The number of piperazine rings is 1. The standard InChI is InChI=1S/C27H31F3N6O/c1-31-25(37)16-21-5-3-2-4-20(21)8-11-24-23(27(28,29)30)17-33-26(35-24)34-22-9-6-19(7-10-22)18-36-14-12-32-13-15-36/h2-7,9-10,17,32H,8,11-16,18H2,1H3,(H,31,37)(H,33,34,35). The highest BCUT2D eigenvalue weighted by molar-refractivity contribution is 5.78. The van der Waals surface area contributed by atoms with Crippen molar-refractivity contribution in [3.8, 4) is 0 Å². The van der Waals surface area contributed by atoms with E-state index in [2.05, 4.69) is 30.8 Å². The second kappa shape index (κ2) is 12.2. The largest absolute Gasteiger partial charge is 0.419 e. The number of carbonyl (C=O) groups excluding carboxylic acids is 1. The number of halogens is 3. The lowest BCUT2D eigenvalue weighted by atomic mass is 9.98. The molecule has 37 heavy (non-hydrogen) atoms. The molecule has 7 nitrogen and oxygen atoms in total. The Balaban J connectivity index is 1.48. The number of carbonyl (C=O) groups is 1. The molecule has 4 rings (SSSR count). The van der Waals surface area contributed by atoms with Crippen molar-refractivity contribution < 1.29 is 18.0 Å². The molecule has 0 spiro atoms. The predicted octanol–water partition coefficient (Wildman–Crippen LogP) is 3.72. The van der Waals surface area contributed by atoms with Crippen molar-refractivity contribution in [1.82, 2.24) is 25.5 Å². The molecular formula is C27H31F3N6O. The van der Waals surface area contributed by atoms with Gasteiger partial charge in [0.25, 0.3) is 0 Å². The monoisotopic (exact) mass is 512 g/mol. The van der Waals surface area contributed by atoms with E-state index < -0.39 is 11.7 Å². The van der Waals surface area contributed by atoms with Crippen LogP contribution < -0.4 is 16.0 Å². The third kappa shape index (κ3) is 7.50. The summed E-state index contributed by atoms with van der Waals surface area (Å²) < 4.78 is 41.1. The Morgan fingerprint density at radius 2 is 1.73 bits per heavy atom. The van der Waals surface area contributed by atoms with Crippen LogP contribution >= 0.6 is 0 Å². The van der Waals surface area contributed by atoms with Gasteiger partial charge in [-0.25, -0.2) is 9.97 Å². The number of anilines is 2. The molecule has 1 aliphatic rings. The number of nitrogens with zero attached hydrogens (tertiary/aromatic N) is 3. The van der Waals surface area contributed by atoms with Gasteiger partial charge in [0.15, 0.2) is 0 Å². The molecule has 0 atom stereocenters. The summed E-state index contributed by atoms with van der Waals surface area (Å²) in [5, 5.41) is 8.94. The summed E-state index contributed by atoms with van der Waals surface area (Å²) in [7, 11) is 1.55. The van der Waals surface area contributed by atoms with Crippen LogP contribution in [0.2, 0.25) is 0 Å². The molecular weight excluding hydrogens is 481 g/mol. The Kier molecular flexibility index (Phi) is 8.73. The molecule has 0 saturated carbocycles. The number of nitrogens with one attached hydrogen (secondary N) is 3. The van der Waals surface area contributed by atoms with E-state index in [0.717, 1.165) is 55.6 Å². The minimum Gasteiger partial charge on any atom is -0.359 e. The molecule has 3 N–H and O–H groups in total. The Labute approximate surface area is 214 Å². The minimum absolute atomic E-state index is 0.0560. The first-order chi connectivity index (χ1) is 17.8. The van der Waals surface area contributed by atoms with Gasteiger partial charge in [-0.2, -0.15) is 13.2 Å². The topological polar surface area (TPSA) is 82.2 Å². The molecule has 0 bridgehead atoms. The molecule has 0 aliphatic carbocycles. The molecule has 0 radical (unpaired) electrons. The predicted molar refractivity (Wildman–Crippen MR) is 137 cm³/mol. The maximum absolute atomic E-state index is 13.7. The van der Waals surface area contributed by atoms with Crippen LogP contribution in [0.5, 0.6) is 0 Å². The van der Waals surface area contributed by atoms with E-state index in [1.54, 1.807) is 7.05 Å². The first kappa shape index (κ1) is 26.6. The van der Waals surface area contributed by atoms with E-state index in [9.17, 15) is 18.0 Å². The van der Waals surface area contributed by atoms with Crippen molar-refractivity contribution in [3.63, 3.8) is 0 Å². The van der Waals surface area contributed by atoms with Gasteiger partial charge in [-0.3, -0.25) is 9.69 Å². The number of hydrogen-bond acceptors (Lipinski definition) is 6. The molecule has 10 heteroatoms. The zero-order chi connectivity index (χ0) is 26.3. The maximum atomic E-state index is 13.7. The first-order valence-corrected chi connectivity index (χ1v) is 12.3. The Morgan fingerprint density at radius 3 is 2.41 bits per heavy atom. The number of aryl methyl sites for hydroxylation is 2. The van der Waals surface area contributed by atoms with Gasteiger partial charge in [0.1, 0.15) is 0 Å². The van der Waals surface area contributed by atoms with Crippen LogP contribution in [0.4, 0.5) is 24.8 Å². The van der Waals surface area contributed by atoms with E-state index in [0.29, 0.717) is 12.1 Å². The highest BCUT2D eigenvalue weighted by Gasteiger charge is 2.34. The third-order valence-corrected chi connectivity index (χ3v) is 6.38. The molecule has 1 aromatic heterocycles. The maximum Gasteiger partial charge on any atom is 0.419 e. The number of benzene rings is 2. The smallest absolute Gasteiger partial charge is 0.359 e. The van der Waals surface area contributed by atoms with Crippen LogP contribution in [0.3, 0.4) is 0 Å². The van der Waals surface area contributed by atoms with E-state index in [4.69, 9.17) is 0 Å². The Hall–Kier alpha value is -3.50. The summed E-state index contributed by atoms with van der Waals surface area (Å²) in [4.78, 5) is 22.4. The Bertz CT molecular complexity index is 1190. The van der Waals surface area contributed by atoms with Gasteiger partial charge < -0.3 is 16.0 Å². The van der Waals surface area contributed by atoms with Crippen LogP contribution in [0.15, 0.2) is 54.7 Å². The number of alkyl halides is 3. The van der Waals surface area contributed by atoms with Crippen molar-refractivity contribution in [3.05, 3.63) is 82.7 Å². The summed E-state index contributed by atoms with van der Waals surface area (Å²) in [6, 6.07) is 15.0. The molecule has 1 saturated heterocycles. The average Bonchev–Trinajstić information content (AvgIpc) is 2.89. The van der Waals surface area contributed by atoms with Crippen LogP contribution in [0.1, 0.15) is 27.9 Å². The van der Waals surface area contributed by atoms with Gasteiger partial charge >= 0.3 is 6.18 Å². The van der Waals surface area contributed by atoms with Gasteiger partial charge in [0, 0.05) is 51.7 Å². The summed E-state index contributed by atoms with van der Waals surface area (Å²) in [5.74, 6) is -0.0487. The normalized spacial score (nSPS) is 14.4. The van der Waals surface area contributed by atoms with Gasteiger partial charge in [-0.05, 0) is 41.7 Å². The molecule has 1 aliphatic heterocycles. The van der Waals surface area contributed by atoms with Crippen LogP contribution in [0, 0.1) is 0 Å². The van der Waals surface area contributed by atoms with E-state index in [-0.39, 0.29) is 30.4 Å². The summed E-state index contributed by atoms with van der Waals surface area (Å²) in [5.41, 5.74) is 2.52. The van der Waals surface area contributed by atoms with E-state index in [1.165, 1.54) is 0 Å². The third-order valence-electron chi connectivity index (χ3n) is 6.38. The fourth-order valence-electron chi connectivity index (χ4n) is 4.34. The van der Waals surface area contributed by atoms with Gasteiger partial charge in [0.2, 0.25) is 11.9 Å². The van der Waals surface area contributed by atoms with Crippen molar-refractivity contribution in [2.75, 3.05) is 38.5 Å². The van der Waals surface area contributed by atoms with Crippen molar-refractivity contribution in [2.45, 2.75) is 32.0 Å². The summed E-state index contributed by atoms with van der Waals surface area (Å²) in [6.45, 7) is 4.81. The average molecular weight is 513 g/mol. The van der Waals surface area contributed by atoms with Crippen molar-refractivity contribution in [1.29, 1.82) is 0 Å². The molecule has 1 amide bonds. The van der Waals surface area contributed by atoms with E-state index >= 15 is 0 Å². The van der Waals surface area contributed by atoms with Gasteiger partial charge in [-0.15, -0.1) is 0 Å². The Morgan fingerprint density at radius 1 is 1.03 bits per heavy atom. The number of rotatable bonds is 9. The molecule has 3 aromatic rings. The lowest BCUT2D eigenvalue weighted by molar-refractivity contribution is -0.138. The quantitative estimate of drug-likeness (QED) is 0.406. The van der Waals surface area contributed by atoms with Crippen LogP contribution in [-0.2, 0) is 36.8 Å². The summed E-state index contributed by atoms with van der Waals surface area (Å²) >= 11 is 0. The minimum atomic E-state index is -4.57. The SMILES string of the molecule is CNC(=O)Cc1ccccc1CCc1nc(Nc2ccc(CN3CCNCC3)cc2)ncc1C(F)(F)F. The highest BCUT2D eigenvalue weighted by Crippen LogP contribution is 2.32. The number of likely N-dealkylation sites (N-methyl/N-ethyl adjacent to an activating group) is 1. The van der Waals surface area contributed by atoms with E-state index in [1.807, 2.05) is 48.5 Å². The number of hydrogen-bond donors (Lipinski definition) is 3. The lowest BCUT2D eigenvalue weighted by Gasteiger charge is -2.27. The highest BCUT2D eigenvalue weighted by atomic mass is 19.4. The first-order valence-electron chi connectivity index (χ1n) is 12.3. The zero-order valence-electron chi connectivity index (χ0n) is 20.7. The summed E-state index contributed by atoms with van der Waals surface area (Å²) in [6.07, 6.45) is -3.20. The van der Waals surface area contributed by atoms with Gasteiger partial charge in [0.05, 0.1) is 17.7 Å². The zero-order valence-corrected chi connectivity index (χ0v) is 20.7. The molecule has 2 aromatic carbocycles. The van der Waals surface area contributed by atoms with Crippen molar-refractivity contribution >= 4 is 17.5 Å². The van der Waals surface area contributed by atoms with Gasteiger partial charge in [-0.1, -0.05) is 36.4 Å². The molecule has 2 heterocycles. The van der Waals surface area contributed by atoms with Crippen LogP contribution in [0.25, 0.3) is 0 Å².